The predicted octanol–water partition coefficient (Wildman–Crippen LogP) is 1.97. The second kappa shape index (κ2) is 4.98. The lowest BCUT2D eigenvalue weighted by molar-refractivity contribution is -0.124. The van der Waals surface area contributed by atoms with E-state index in [0.717, 1.165) is 23.4 Å². The summed E-state index contributed by atoms with van der Waals surface area (Å²) in [5, 5.41) is 0. The molecule has 1 aliphatic heterocycles. The van der Waals surface area contributed by atoms with Gasteiger partial charge in [-0.3, -0.25) is 4.79 Å². The number of hydrogen-bond acceptors (Lipinski definition) is 3. The van der Waals surface area contributed by atoms with Crippen molar-refractivity contribution in [1.29, 1.82) is 0 Å². The van der Waals surface area contributed by atoms with E-state index in [0.29, 0.717) is 0 Å². The summed E-state index contributed by atoms with van der Waals surface area (Å²) in [6, 6.07) is 5.87. The first-order valence-corrected chi connectivity index (χ1v) is 6.31. The molecule has 1 aliphatic rings. The molecule has 4 nitrogen and oxygen atoms in total. The molecule has 4 heteroatoms. The molecule has 0 radical (unpaired) electrons. The number of benzene rings is 1. The molecule has 1 heterocycles. The molecule has 1 aromatic carbocycles. The molecular weight excluding hydrogens is 228 g/mol. The van der Waals surface area contributed by atoms with E-state index in [9.17, 15) is 4.79 Å². The number of amides is 1. The number of fused-ring (bicyclic) bond motifs is 1. The zero-order valence-electron chi connectivity index (χ0n) is 11.1. The molecule has 0 fully saturated rings. The second-order valence-corrected chi connectivity index (χ2v) is 5.06. The highest BCUT2D eigenvalue weighted by Crippen LogP contribution is 2.33. The number of nitrogens with zero attached hydrogens (tertiary/aromatic N) is 1. The van der Waals surface area contributed by atoms with Crippen LogP contribution in [0.2, 0.25) is 0 Å². The molecule has 0 bridgehead atoms. The highest BCUT2D eigenvalue weighted by atomic mass is 16.5. The van der Waals surface area contributed by atoms with Crippen LogP contribution in [0.1, 0.15) is 26.3 Å². The first-order chi connectivity index (χ1) is 8.49. The van der Waals surface area contributed by atoms with Gasteiger partial charge in [0.15, 0.2) is 0 Å². The van der Waals surface area contributed by atoms with Crippen LogP contribution in [0.15, 0.2) is 18.2 Å². The van der Waals surface area contributed by atoms with Crippen molar-refractivity contribution in [3.63, 3.8) is 0 Å². The highest BCUT2D eigenvalue weighted by molar-refractivity contribution is 5.97. The fraction of sp³-hybridized carbons (Fsp3) is 0.500. The lowest BCUT2D eigenvalue weighted by Gasteiger charge is -2.23. The minimum atomic E-state index is 0.0136. The third-order valence-electron chi connectivity index (χ3n) is 3.13. The van der Waals surface area contributed by atoms with Crippen molar-refractivity contribution in [2.45, 2.75) is 39.3 Å². The smallest absolute Gasteiger partial charge is 0.253 e. The fourth-order valence-electron chi connectivity index (χ4n) is 2.34. The minimum absolute atomic E-state index is 0.0136. The summed E-state index contributed by atoms with van der Waals surface area (Å²) in [6.45, 7) is 6.03. The summed E-state index contributed by atoms with van der Waals surface area (Å²) < 4.78 is 5.39. The third kappa shape index (κ3) is 2.48. The molecular formula is C14H20N2O2. The van der Waals surface area contributed by atoms with Gasteiger partial charge in [0, 0.05) is 17.4 Å². The van der Waals surface area contributed by atoms with Gasteiger partial charge in [0.25, 0.3) is 5.91 Å². The maximum Gasteiger partial charge on any atom is 0.253 e. The molecule has 98 valence electrons. The van der Waals surface area contributed by atoms with Crippen LogP contribution in [0, 0.1) is 0 Å². The standard InChI is InChI=1S/C14H20N2O2/c1-9(2)18-8-14(17)16-10(3)6-11-7-12(15)4-5-13(11)16/h4-5,7,9-10H,6,8,15H2,1-3H3. The number of carbonyl (C=O) groups excluding carboxylic acids is 1. The van der Waals surface area contributed by atoms with Crippen LogP contribution >= 0.6 is 0 Å². The highest BCUT2D eigenvalue weighted by Gasteiger charge is 2.30. The Hall–Kier alpha value is -1.55. The number of nitrogens with two attached hydrogens (primary N) is 1. The van der Waals surface area contributed by atoms with E-state index in [1.807, 2.05) is 43.9 Å². The van der Waals surface area contributed by atoms with Gasteiger partial charge in [-0.05, 0) is 51.0 Å². The van der Waals surface area contributed by atoms with Crippen molar-refractivity contribution < 1.29 is 9.53 Å². The summed E-state index contributed by atoms with van der Waals surface area (Å²) in [7, 11) is 0. The van der Waals surface area contributed by atoms with Gasteiger partial charge in [0.1, 0.15) is 6.61 Å². The van der Waals surface area contributed by atoms with E-state index in [2.05, 4.69) is 0 Å². The molecule has 18 heavy (non-hydrogen) atoms. The van der Waals surface area contributed by atoms with E-state index in [-0.39, 0.29) is 24.7 Å². The van der Waals surface area contributed by atoms with Crippen molar-refractivity contribution in [1.82, 2.24) is 0 Å². The molecule has 0 spiro atoms. The van der Waals surface area contributed by atoms with Crippen LogP contribution < -0.4 is 10.6 Å². The van der Waals surface area contributed by atoms with Crippen molar-refractivity contribution >= 4 is 17.3 Å². The van der Waals surface area contributed by atoms with Gasteiger partial charge >= 0.3 is 0 Å². The summed E-state index contributed by atoms with van der Waals surface area (Å²) >= 11 is 0. The lowest BCUT2D eigenvalue weighted by Crippen LogP contribution is -2.38. The number of rotatable bonds is 3. The Balaban J connectivity index is 2.17. The van der Waals surface area contributed by atoms with Crippen LogP contribution in [0.4, 0.5) is 11.4 Å². The van der Waals surface area contributed by atoms with Gasteiger partial charge in [-0.2, -0.15) is 0 Å². The van der Waals surface area contributed by atoms with Crippen LogP contribution in [0.5, 0.6) is 0 Å². The largest absolute Gasteiger partial charge is 0.399 e. The average molecular weight is 248 g/mol. The predicted molar refractivity (Wildman–Crippen MR) is 72.6 cm³/mol. The quantitative estimate of drug-likeness (QED) is 0.832. The summed E-state index contributed by atoms with van der Waals surface area (Å²) in [4.78, 5) is 14.0. The fourth-order valence-corrected chi connectivity index (χ4v) is 2.34. The Morgan fingerprint density at radius 2 is 2.28 bits per heavy atom. The van der Waals surface area contributed by atoms with Gasteiger partial charge in [-0.25, -0.2) is 0 Å². The first-order valence-electron chi connectivity index (χ1n) is 6.31. The lowest BCUT2D eigenvalue weighted by atomic mass is 10.1. The van der Waals surface area contributed by atoms with E-state index in [1.165, 1.54) is 0 Å². The monoisotopic (exact) mass is 248 g/mol. The van der Waals surface area contributed by atoms with Gasteiger partial charge in [0.2, 0.25) is 0 Å². The van der Waals surface area contributed by atoms with Crippen molar-refractivity contribution in [3.05, 3.63) is 23.8 Å². The molecule has 2 N–H and O–H groups in total. The van der Waals surface area contributed by atoms with Gasteiger partial charge in [-0.1, -0.05) is 0 Å². The van der Waals surface area contributed by atoms with Crippen LogP contribution in [0.25, 0.3) is 0 Å². The molecule has 0 saturated heterocycles. The molecule has 0 aliphatic carbocycles. The molecule has 0 saturated carbocycles. The Labute approximate surface area is 108 Å². The molecule has 0 aromatic heterocycles. The Morgan fingerprint density at radius 3 is 2.94 bits per heavy atom. The number of nitrogen functional groups attached to an aromatic ring is 1. The number of hydrogen-bond donors (Lipinski definition) is 1. The molecule has 1 unspecified atom stereocenters. The zero-order chi connectivity index (χ0) is 13.3. The van der Waals surface area contributed by atoms with E-state index in [4.69, 9.17) is 10.5 Å². The Kier molecular flexibility index (Phi) is 3.57. The van der Waals surface area contributed by atoms with E-state index < -0.39 is 0 Å². The summed E-state index contributed by atoms with van der Waals surface area (Å²) in [5.74, 6) is 0.0136. The third-order valence-corrected chi connectivity index (χ3v) is 3.13. The van der Waals surface area contributed by atoms with Crippen molar-refractivity contribution in [2.24, 2.45) is 0 Å². The van der Waals surface area contributed by atoms with Gasteiger partial charge < -0.3 is 15.4 Å². The van der Waals surface area contributed by atoms with Crippen LogP contribution in [-0.4, -0.2) is 24.7 Å². The molecule has 1 atom stereocenters. The van der Waals surface area contributed by atoms with Gasteiger partial charge in [-0.15, -0.1) is 0 Å². The van der Waals surface area contributed by atoms with Gasteiger partial charge in [0.05, 0.1) is 6.10 Å². The molecule has 2 rings (SSSR count). The zero-order valence-corrected chi connectivity index (χ0v) is 11.1. The summed E-state index contributed by atoms with van der Waals surface area (Å²) in [5.41, 5.74) is 8.62. The number of carbonyl (C=O) groups is 1. The second-order valence-electron chi connectivity index (χ2n) is 5.06. The van der Waals surface area contributed by atoms with E-state index in [1.54, 1.807) is 0 Å². The maximum atomic E-state index is 12.2. The van der Waals surface area contributed by atoms with Crippen LogP contribution in [-0.2, 0) is 16.0 Å². The topological polar surface area (TPSA) is 55.6 Å². The maximum absolute atomic E-state index is 12.2. The average Bonchev–Trinajstić information content (AvgIpc) is 2.61. The first kappa shape index (κ1) is 12.9. The SMILES string of the molecule is CC(C)OCC(=O)N1c2ccc(N)cc2CC1C. The minimum Gasteiger partial charge on any atom is -0.399 e. The van der Waals surface area contributed by atoms with E-state index >= 15 is 0 Å². The summed E-state index contributed by atoms with van der Waals surface area (Å²) in [6.07, 6.45) is 0.922. The van der Waals surface area contributed by atoms with Crippen molar-refractivity contribution in [3.8, 4) is 0 Å². The Bertz CT molecular complexity index is 457. The van der Waals surface area contributed by atoms with Crippen molar-refractivity contribution in [2.75, 3.05) is 17.2 Å². The van der Waals surface area contributed by atoms with Crippen LogP contribution in [0.3, 0.4) is 0 Å². The normalized spacial score (nSPS) is 18.2. The number of anilines is 2. The molecule has 1 amide bonds. The molecule has 1 aromatic rings. The number of ether oxygens (including phenoxy) is 1. The Morgan fingerprint density at radius 1 is 1.56 bits per heavy atom.